The molecular weight excluding hydrogens is 227 g/mol. The lowest BCUT2D eigenvalue weighted by atomic mass is 9.99. The Bertz CT molecular complexity index is 367. The second-order valence-corrected chi connectivity index (χ2v) is 5.59. The van der Waals surface area contributed by atoms with Gasteiger partial charge in [0.15, 0.2) is 0 Å². The molecule has 0 unspecified atom stereocenters. The van der Waals surface area contributed by atoms with Gasteiger partial charge in [-0.1, -0.05) is 30.3 Å². The smallest absolute Gasteiger partial charge is 0.290 e. The fourth-order valence-electron chi connectivity index (χ4n) is 1.32. The molecule has 1 rings (SSSR count). The van der Waals surface area contributed by atoms with Crippen molar-refractivity contribution in [3.63, 3.8) is 0 Å². The predicted octanol–water partition coefficient (Wildman–Crippen LogP) is 3.34. The van der Waals surface area contributed by atoms with Gasteiger partial charge in [0.2, 0.25) is 0 Å². The predicted molar refractivity (Wildman–Crippen MR) is 62.2 cm³/mol. The topological polar surface area (TPSA) is 44.8 Å². The SMILES string of the molecule is COP(=O)(OC)OC(C)(C)c1ccccc1. The van der Waals surface area contributed by atoms with Crippen LogP contribution in [0.25, 0.3) is 0 Å². The lowest BCUT2D eigenvalue weighted by Gasteiger charge is -2.28. The summed E-state index contributed by atoms with van der Waals surface area (Å²) in [5.74, 6) is 0. The van der Waals surface area contributed by atoms with E-state index >= 15 is 0 Å². The van der Waals surface area contributed by atoms with Crippen LogP contribution in [0, 0.1) is 0 Å². The molecule has 0 N–H and O–H groups in total. The molecule has 5 heteroatoms. The zero-order chi connectivity index (χ0) is 12.2. The van der Waals surface area contributed by atoms with E-state index in [0.717, 1.165) is 5.56 Å². The van der Waals surface area contributed by atoms with E-state index in [-0.39, 0.29) is 0 Å². The Hall–Kier alpha value is -0.670. The molecular formula is C11H17O4P. The van der Waals surface area contributed by atoms with Gasteiger partial charge >= 0.3 is 7.82 Å². The first kappa shape index (κ1) is 13.4. The van der Waals surface area contributed by atoms with E-state index in [1.807, 2.05) is 44.2 Å². The lowest BCUT2D eigenvalue weighted by molar-refractivity contribution is 0.0461. The van der Waals surface area contributed by atoms with Gasteiger partial charge < -0.3 is 0 Å². The van der Waals surface area contributed by atoms with Gasteiger partial charge in [0.25, 0.3) is 0 Å². The highest BCUT2D eigenvalue weighted by atomic mass is 31.2. The van der Waals surface area contributed by atoms with E-state index in [1.165, 1.54) is 14.2 Å². The van der Waals surface area contributed by atoms with E-state index in [9.17, 15) is 4.57 Å². The van der Waals surface area contributed by atoms with Gasteiger partial charge in [-0.05, 0) is 19.4 Å². The van der Waals surface area contributed by atoms with Gasteiger partial charge in [0, 0.05) is 14.2 Å². The maximum atomic E-state index is 11.9. The summed E-state index contributed by atoms with van der Waals surface area (Å²) in [4.78, 5) is 0. The molecule has 0 aliphatic carbocycles. The molecule has 0 fully saturated rings. The van der Waals surface area contributed by atoms with E-state index in [0.29, 0.717) is 0 Å². The van der Waals surface area contributed by atoms with Crippen LogP contribution in [0.4, 0.5) is 0 Å². The quantitative estimate of drug-likeness (QED) is 0.745. The minimum atomic E-state index is -3.47. The Morgan fingerprint density at radius 1 is 1.06 bits per heavy atom. The van der Waals surface area contributed by atoms with Crippen molar-refractivity contribution in [3.8, 4) is 0 Å². The first-order valence-corrected chi connectivity index (χ1v) is 6.37. The third kappa shape index (κ3) is 3.16. The molecule has 0 spiro atoms. The minimum absolute atomic E-state index is 0.733. The van der Waals surface area contributed by atoms with Crippen molar-refractivity contribution in [2.75, 3.05) is 14.2 Å². The monoisotopic (exact) mass is 244 g/mol. The largest absolute Gasteiger partial charge is 0.475 e. The van der Waals surface area contributed by atoms with Crippen LogP contribution in [-0.2, 0) is 23.7 Å². The fourth-order valence-corrected chi connectivity index (χ4v) is 2.28. The first-order valence-electron chi connectivity index (χ1n) is 4.91. The van der Waals surface area contributed by atoms with Crippen molar-refractivity contribution in [3.05, 3.63) is 35.9 Å². The van der Waals surface area contributed by atoms with Crippen molar-refractivity contribution in [2.24, 2.45) is 0 Å². The molecule has 16 heavy (non-hydrogen) atoms. The van der Waals surface area contributed by atoms with E-state index in [4.69, 9.17) is 13.6 Å². The van der Waals surface area contributed by atoms with Crippen LogP contribution in [0.2, 0.25) is 0 Å². The summed E-state index contributed by atoms with van der Waals surface area (Å²) < 4.78 is 26.8. The number of hydrogen-bond acceptors (Lipinski definition) is 4. The number of benzene rings is 1. The van der Waals surface area contributed by atoms with Gasteiger partial charge in [0.05, 0.1) is 5.60 Å². The van der Waals surface area contributed by atoms with Gasteiger partial charge in [0.1, 0.15) is 0 Å². The van der Waals surface area contributed by atoms with E-state index in [2.05, 4.69) is 0 Å². The summed E-state index contributed by atoms with van der Waals surface area (Å²) in [5.41, 5.74) is 0.173. The number of phosphoric ester groups is 1. The van der Waals surface area contributed by atoms with Crippen LogP contribution in [0.5, 0.6) is 0 Å². The molecule has 0 aromatic heterocycles. The van der Waals surface area contributed by atoms with Crippen molar-refractivity contribution in [1.29, 1.82) is 0 Å². The maximum Gasteiger partial charge on any atom is 0.475 e. The summed E-state index contributed by atoms with van der Waals surface area (Å²) in [5, 5.41) is 0. The Morgan fingerprint density at radius 3 is 2.00 bits per heavy atom. The second kappa shape index (κ2) is 5.11. The van der Waals surface area contributed by atoms with Crippen molar-refractivity contribution >= 4 is 7.82 Å². The molecule has 1 aromatic carbocycles. The van der Waals surface area contributed by atoms with E-state index in [1.54, 1.807) is 0 Å². The second-order valence-electron chi connectivity index (χ2n) is 3.78. The molecule has 0 radical (unpaired) electrons. The minimum Gasteiger partial charge on any atom is -0.290 e. The highest BCUT2D eigenvalue weighted by Gasteiger charge is 2.34. The van der Waals surface area contributed by atoms with Crippen molar-refractivity contribution in [2.45, 2.75) is 19.4 Å². The van der Waals surface area contributed by atoms with Crippen LogP contribution in [-0.4, -0.2) is 14.2 Å². The molecule has 90 valence electrons. The van der Waals surface area contributed by atoms with Crippen LogP contribution < -0.4 is 0 Å². The molecule has 4 nitrogen and oxygen atoms in total. The van der Waals surface area contributed by atoms with Crippen LogP contribution >= 0.6 is 7.82 Å². The summed E-state index contributed by atoms with van der Waals surface area (Å²) >= 11 is 0. The van der Waals surface area contributed by atoms with Crippen LogP contribution in [0.1, 0.15) is 19.4 Å². The van der Waals surface area contributed by atoms with Crippen molar-refractivity contribution in [1.82, 2.24) is 0 Å². The van der Waals surface area contributed by atoms with Crippen LogP contribution in [0.3, 0.4) is 0 Å². The zero-order valence-electron chi connectivity index (χ0n) is 9.97. The number of hydrogen-bond donors (Lipinski definition) is 0. The van der Waals surface area contributed by atoms with E-state index < -0.39 is 13.4 Å². The van der Waals surface area contributed by atoms with Gasteiger partial charge in [-0.2, -0.15) is 0 Å². The summed E-state index contributed by atoms with van der Waals surface area (Å²) in [7, 11) is -0.874. The molecule has 0 heterocycles. The zero-order valence-corrected chi connectivity index (χ0v) is 10.9. The first-order chi connectivity index (χ1) is 7.43. The molecule has 1 aromatic rings. The Kier molecular flexibility index (Phi) is 4.28. The molecule has 0 bridgehead atoms. The molecule has 0 amide bonds. The van der Waals surface area contributed by atoms with Gasteiger partial charge in [-0.15, -0.1) is 0 Å². The highest BCUT2D eigenvalue weighted by molar-refractivity contribution is 7.48. The summed E-state index contributed by atoms with van der Waals surface area (Å²) in [6, 6.07) is 9.49. The summed E-state index contributed by atoms with van der Waals surface area (Å²) in [6.07, 6.45) is 0. The molecule has 0 atom stereocenters. The lowest BCUT2D eigenvalue weighted by Crippen LogP contribution is -2.20. The number of rotatable bonds is 5. The van der Waals surface area contributed by atoms with Gasteiger partial charge in [-0.3, -0.25) is 13.6 Å². The Balaban J connectivity index is 2.92. The maximum absolute atomic E-state index is 11.9. The Labute approximate surface area is 96.1 Å². The fraction of sp³-hybridized carbons (Fsp3) is 0.455. The number of phosphoric acid groups is 1. The molecule has 0 saturated carbocycles. The third-order valence-corrected chi connectivity index (χ3v) is 3.83. The standard InChI is InChI=1S/C11H17O4P/c1-11(2,10-8-6-5-7-9-10)15-16(12,13-3)14-4/h5-9H,1-4H3. The Morgan fingerprint density at radius 2 is 1.56 bits per heavy atom. The molecule has 0 aliphatic heterocycles. The van der Waals surface area contributed by atoms with Crippen molar-refractivity contribution < 1.29 is 18.1 Å². The molecule has 0 saturated heterocycles. The average Bonchev–Trinajstić information content (AvgIpc) is 2.29. The van der Waals surface area contributed by atoms with Crippen LogP contribution in [0.15, 0.2) is 30.3 Å². The average molecular weight is 244 g/mol. The normalized spacial score (nSPS) is 12.8. The van der Waals surface area contributed by atoms with Gasteiger partial charge in [-0.25, -0.2) is 4.57 Å². The highest BCUT2D eigenvalue weighted by Crippen LogP contribution is 2.53. The molecule has 0 aliphatic rings. The summed E-state index contributed by atoms with van der Waals surface area (Å²) in [6.45, 7) is 3.63. The third-order valence-electron chi connectivity index (χ3n) is 2.26.